The first-order valence-electron chi connectivity index (χ1n) is 7.99. The van der Waals surface area contributed by atoms with E-state index in [1.165, 1.54) is 0 Å². The van der Waals surface area contributed by atoms with E-state index in [4.69, 9.17) is 0 Å². The van der Waals surface area contributed by atoms with Crippen molar-refractivity contribution in [3.05, 3.63) is 79.1 Å². The minimum atomic E-state index is -1.52. The molecule has 1 heterocycles. The quantitative estimate of drug-likeness (QED) is 0.568. The highest BCUT2D eigenvalue weighted by molar-refractivity contribution is 6.60. The molecular weight excluding hydrogens is 311 g/mol. The third kappa shape index (κ3) is 2.91. The van der Waals surface area contributed by atoms with Crippen LogP contribution in [0.5, 0.6) is 0 Å². The zero-order valence-corrected chi connectivity index (χ0v) is 13.4. The molecule has 0 radical (unpaired) electrons. The second-order valence-electron chi connectivity index (χ2n) is 5.77. The van der Waals surface area contributed by atoms with Gasteiger partial charge in [0.25, 0.3) is 0 Å². The smallest absolute Gasteiger partial charge is 0.423 e. The highest BCUT2D eigenvalue weighted by atomic mass is 16.4. The Kier molecular flexibility index (Phi) is 4.02. The molecule has 0 amide bonds. The van der Waals surface area contributed by atoms with Gasteiger partial charge in [0.1, 0.15) is 0 Å². The second-order valence-corrected chi connectivity index (χ2v) is 5.77. The molecule has 0 bridgehead atoms. The molecule has 0 aliphatic heterocycles. The Balaban J connectivity index is 1.92. The standard InChI is InChI=1S/C20H15BN2O2/c24-21(25)18-8-4-3-7-17(18)16-6-2-1-5-15(16)14-9-10-19-20(13-14)23-12-11-22-19/h1-13,24-25H. The van der Waals surface area contributed by atoms with Crippen molar-refractivity contribution in [2.24, 2.45) is 0 Å². The topological polar surface area (TPSA) is 66.2 Å². The molecule has 0 aliphatic carbocycles. The summed E-state index contributed by atoms with van der Waals surface area (Å²) in [6, 6.07) is 21.2. The van der Waals surface area contributed by atoms with E-state index in [0.29, 0.717) is 5.46 Å². The third-order valence-electron chi connectivity index (χ3n) is 4.24. The van der Waals surface area contributed by atoms with Gasteiger partial charge in [0, 0.05) is 12.4 Å². The van der Waals surface area contributed by atoms with Crippen molar-refractivity contribution in [1.29, 1.82) is 0 Å². The van der Waals surface area contributed by atoms with Crippen LogP contribution in [0.1, 0.15) is 0 Å². The lowest BCUT2D eigenvalue weighted by atomic mass is 9.74. The summed E-state index contributed by atoms with van der Waals surface area (Å²) in [5.41, 5.74) is 5.89. The summed E-state index contributed by atoms with van der Waals surface area (Å²) in [5.74, 6) is 0. The van der Waals surface area contributed by atoms with Gasteiger partial charge in [-0.3, -0.25) is 9.97 Å². The molecule has 0 atom stereocenters. The first-order chi connectivity index (χ1) is 12.2. The Hall–Kier alpha value is -3.02. The van der Waals surface area contributed by atoms with Gasteiger partial charge in [0.05, 0.1) is 11.0 Å². The number of benzene rings is 3. The summed E-state index contributed by atoms with van der Waals surface area (Å²) in [6.07, 6.45) is 3.35. The molecule has 0 spiro atoms. The Morgan fingerprint density at radius 1 is 0.640 bits per heavy atom. The van der Waals surface area contributed by atoms with Crippen LogP contribution in [0.3, 0.4) is 0 Å². The van der Waals surface area contributed by atoms with Crippen LogP contribution in [0, 0.1) is 0 Å². The fourth-order valence-corrected chi connectivity index (χ4v) is 3.07. The summed E-state index contributed by atoms with van der Waals surface area (Å²) in [4.78, 5) is 8.68. The van der Waals surface area contributed by atoms with E-state index in [-0.39, 0.29) is 0 Å². The van der Waals surface area contributed by atoms with Crippen LogP contribution in [0.2, 0.25) is 0 Å². The molecule has 5 heteroatoms. The summed E-state index contributed by atoms with van der Waals surface area (Å²) in [7, 11) is -1.52. The molecular formula is C20H15BN2O2. The molecule has 0 fully saturated rings. The van der Waals surface area contributed by atoms with Crippen LogP contribution in [0.15, 0.2) is 79.1 Å². The number of nitrogens with zero attached hydrogens (tertiary/aromatic N) is 2. The Bertz CT molecular complexity index is 1050. The average Bonchev–Trinajstić information content (AvgIpc) is 2.67. The van der Waals surface area contributed by atoms with Crippen LogP contribution in [0.4, 0.5) is 0 Å². The third-order valence-corrected chi connectivity index (χ3v) is 4.24. The number of aromatic nitrogens is 2. The molecule has 4 rings (SSSR count). The van der Waals surface area contributed by atoms with E-state index in [9.17, 15) is 10.0 Å². The highest BCUT2D eigenvalue weighted by Gasteiger charge is 2.18. The molecule has 4 nitrogen and oxygen atoms in total. The Labute approximate surface area is 145 Å². The van der Waals surface area contributed by atoms with Crippen LogP contribution < -0.4 is 5.46 Å². The van der Waals surface area contributed by atoms with E-state index in [0.717, 1.165) is 33.3 Å². The van der Waals surface area contributed by atoms with E-state index < -0.39 is 7.12 Å². The maximum absolute atomic E-state index is 9.71. The molecule has 0 aliphatic rings. The fraction of sp³-hybridized carbons (Fsp3) is 0. The number of hydrogen-bond acceptors (Lipinski definition) is 4. The van der Waals surface area contributed by atoms with E-state index in [1.54, 1.807) is 24.5 Å². The zero-order chi connectivity index (χ0) is 17.2. The van der Waals surface area contributed by atoms with Crippen LogP contribution in [-0.2, 0) is 0 Å². The van der Waals surface area contributed by atoms with Crippen LogP contribution >= 0.6 is 0 Å². The maximum Gasteiger partial charge on any atom is 0.489 e. The lowest BCUT2D eigenvalue weighted by molar-refractivity contribution is 0.426. The van der Waals surface area contributed by atoms with Crippen LogP contribution in [-0.4, -0.2) is 27.1 Å². The molecule has 1 aromatic heterocycles. The molecule has 3 aromatic carbocycles. The minimum Gasteiger partial charge on any atom is -0.423 e. The summed E-state index contributed by atoms with van der Waals surface area (Å²) in [6.45, 7) is 0. The van der Waals surface area contributed by atoms with E-state index in [2.05, 4.69) is 9.97 Å². The first kappa shape index (κ1) is 15.5. The van der Waals surface area contributed by atoms with Crippen molar-refractivity contribution in [2.75, 3.05) is 0 Å². The monoisotopic (exact) mass is 326 g/mol. The first-order valence-corrected chi connectivity index (χ1v) is 7.99. The molecule has 4 aromatic rings. The lowest BCUT2D eigenvalue weighted by Crippen LogP contribution is -2.31. The van der Waals surface area contributed by atoms with Gasteiger partial charge in [-0.05, 0) is 39.8 Å². The van der Waals surface area contributed by atoms with Gasteiger partial charge in [0.15, 0.2) is 0 Å². The van der Waals surface area contributed by atoms with Crippen molar-refractivity contribution in [2.45, 2.75) is 0 Å². The van der Waals surface area contributed by atoms with Gasteiger partial charge in [0.2, 0.25) is 0 Å². The summed E-state index contributed by atoms with van der Waals surface area (Å²) < 4.78 is 0. The van der Waals surface area contributed by atoms with Crippen molar-refractivity contribution < 1.29 is 10.0 Å². The van der Waals surface area contributed by atoms with Crippen molar-refractivity contribution >= 4 is 23.6 Å². The fourth-order valence-electron chi connectivity index (χ4n) is 3.07. The Morgan fingerprint density at radius 2 is 1.28 bits per heavy atom. The zero-order valence-electron chi connectivity index (χ0n) is 13.4. The predicted molar refractivity (Wildman–Crippen MR) is 100 cm³/mol. The molecule has 0 saturated heterocycles. The van der Waals surface area contributed by atoms with Crippen molar-refractivity contribution in [3.8, 4) is 22.3 Å². The normalized spacial score (nSPS) is 10.8. The molecule has 2 N–H and O–H groups in total. The molecule has 0 unspecified atom stereocenters. The summed E-state index contributed by atoms with van der Waals surface area (Å²) >= 11 is 0. The second kappa shape index (κ2) is 6.47. The minimum absolute atomic E-state index is 0.482. The highest BCUT2D eigenvalue weighted by Crippen LogP contribution is 2.32. The number of fused-ring (bicyclic) bond motifs is 1. The van der Waals surface area contributed by atoms with Crippen molar-refractivity contribution in [3.63, 3.8) is 0 Å². The largest absolute Gasteiger partial charge is 0.489 e. The molecule has 25 heavy (non-hydrogen) atoms. The van der Waals surface area contributed by atoms with Crippen molar-refractivity contribution in [1.82, 2.24) is 9.97 Å². The lowest BCUT2D eigenvalue weighted by Gasteiger charge is -2.14. The average molecular weight is 326 g/mol. The summed E-state index contributed by atoms with van der Waals surface area (Å²) in [5, 5.41) is 19.4. The molecule has 0 saturated carbocycles. The van der Waals surface area contributed by atoms with Crippen LogP contribution in [0.25, 0.3) is 33.3 Å². The van der Waals surface area contributed by atoms with E-state index >= 15 is 0 Å². The number of rotatable bonds is 3. The van der Waals surface area contributed by atoms with Gasteiger partial charge in [-0.15, -0.1) is 0 Å². The maximum atomic E-state index is 9.71. The van der Waals surface area contributed by atoms with Gasteiger partial charge in [-0.1, -0.05) is 54.6 Å². The molecule has 120 valence electrons. The van der Waals surface area contributed by atoms with Gasteiger partial charge >= 0.3 is 7.12 Å². The van der Waals surface area contributed by atoms with Gasteiger partial charge < -0.3 is 10.0 Å². The predicted octanol–water partition coefficient (Wildman–Crippen LogP) is 2.64. The van der Waals surface area contributed by atoms with Gasteiger partial charge in [-0.2, -0.15) is 0 Å². The Morgan fingerprint density at radius 3 is 2.04 bits per heavy atom. The number of hydrogen-bond donors (Lipinski definition) is 2. The SMILES string of the molecule is OB(O)c1ccccc1-c1ccccc1-c1ccc2nccnc2c1. The van der Waals surface area contributed by atoms with Gasteiger partial charge in [-0.25, -0.2) is 0 Å². The van der Waals surface area contributed by atoms with E-state index in [1.807, 2.05) is 54.6 Å².